The Bertz CT molecular complexity index is 1230. The molecule has 3 aromatic rings. The molecule has 3 rings (SSSR count). The number of imidazole rings is 1. The molecule has 0 aliphatic heterocycles. The zero-order valence-electron chi connectivity index (χ0n) is 19.6. The summed E-state index contributed by atoms with van der Waals surface area (Å²) in [4.78, 5) is 44.9. The van der Waals surface area contributed by atoms with Crippen LogP contribution in [-0.4, -0.2) is 25.0 Å². The summed E-state index contributed by atoms with van der Waals surface area (Å²) in [7, 11) is 0. The summed E-state index contributed by atoms with van der Waals surface area (Å²) in [6.45, 7) is 11.2. The summed E-state index contributed by atoms with van der Waals surface area (Å²) >= 11 is 0. The first-order valence-corrected chi connectivity index (χ1v) is 11.3. The molecule has 1 aromatic carbocycles. The second-order valence-electron chi connectivity index (χ2n) is 8.76. The standard InChI is InChI=1S/C24H33N5O3/c1-6-7-13-28-22-21(23(31)27-24(28)32)29(14-15(2)3)19(26-22)11-12-20(30)25-18-10-8-9-16(4)17(18)5/h8-10,15H,6-7,11-14H2,1-5H3,(H,25,30)(H,27,31,32). The lowest BCUT2D eigenvalue weighted by Gasteiger charge is -2.12. The van der Waals surface area contributed by atoms with E-state index in [-0.39, 0.29) is 18.2 Å². The minimum Gasteiger partial charge on any atom is -0.326 e. The first-order chi connectivity index (χ1) is 15.2. The Balaban J connectivity index is 1.93. The first kappa shape index (κ1) is 23.5. The van der Waals surface area contributed by atoms with Gasteiger partial charge in [0.2, 0.25) is 5.91 Å². The van der Waals surface area contributed by atoms with Crippen molar-refractivity contribution in [2.45, 2.75) is 73.4 Å². The maximum Gasteiger partial charge on any atom is 0.330 e. The van der Waals surface area contributed by atoms with Crippen molar-refractivity contribution in [1.82, 2.24) is 19.1 Å². The number of aryl methyl sites for hydroxylation is 3. The van der Waals surface area contributed by atoms with Crippen molar-refractivity contribution in [3.8, 4) is 0 Å². The van der Waals surface area contributed by atoms with Crippen LogP contribution in [0.5, 0.6) is 0 Å². The van der Waals surface area contributed by atoms with E-state index in [0.717, 1.165) is 29.7 Å². The zero-order valence-corrected chi connectivity index (χ0v) is 19.6. The molecular weight excluding hydrogens is 406 g/mol. The number of anilines is 1. The molecule has 0 aliphatic carbocycles. The SMILES string of the molecule is CCCCn1c(=O)[nH]c(=O)c2c1nc(CCC(=O)Nc1cccc(C)c1C)n2CC(C)C. The third-order valence-corrected chi connectivity index (χ3v) is 5.70. The number of nitrogens with one attached hydrogen (secondary N) is 2. The molecule has 0 bridgehead atoms. The molecule has 2 N–H and O–H groups in total. The number of unbranched alkanes of at least 4 members (excludes halogenated alkanes) is 1. The van der Waals surface area contributed by atoms with E-state index in [1.807, 2.05) is 43.5 Å². The van der Waals surface area contributed by atoms with Gasteiger partial charge in [-0.15, -0.1) is 0 Å². The van der Waals surface area contributed by atoms with E-state index in [9.17, 15) is 14.4 Å². The van der Waals surface area contributed by atoms with Crippen LogP contribution in [0.4, 0.5) is 5.69 Å². The van der Waals surface area contributed by atoms with Gasteiger partial charge in [-0.05, 0) is 43.4 Å². The lowest BCUT2D eigenvalue weighted by molar-refractivity contribution is -0.116. The topological polar surface area (TPSA) is 102 Å². The lowest BCUT2D eigenvalue weighted by atomic mass is 10.1. The Morgan fingerprint density at radius 1 is 1.19 bits per heavy atom. The van der Waals surface area contributed by atoms with Crippen LogP contribution in [0.15, 0.2) is 27.8 Å². The summed E-state index contributed by atoms with van der Waals surface area (Å²) in [5.74, 6) is 0.802. The van der Waals surface area contributed by atoms with Crippen molar-refractivity contribution < 1.29 is 4.79 Å². The van der Waals surface area contributed by atoms with Crippen LogP contribution in [0.2, 0.25) is 0 Å². The van der Waals surface area contributed by atoms with Gasteiger partial charge >= 0.3 is 5.69 Å². The Hall–Kier alpha value is -3.16. The molecule has 8 nitrogen and oxygen atoms in total. The largest absolute Gasteiger partial charge is 0.330 e. The van der Waals surface area contributed by atoms with Crippen molar-refractivity contribution in [2.24, 2.45) is 5.92 Å². The third kappa shape index (κ3) is 5.00. The quantitative estimate of drug-likeness (QED) is 0.532. The van der Waals surface area contributed by atoms with E-state index >= 15 is 0 Å². The molecule has 0 unspecified atom stereocenters. The van der Waals surface area contributed by atoms with Gasteiger partial charge in [-0.1, -0.05) is 39.3 Å². The minimum atomic E-state index is -0.440. The fraction of sp³-hybridized carbons (Fsp3) is 0.500. The highest BCUT2D eigenvalue weighted by atomic mass is 16.2. The third-order valence-electron chi connectivity index (χ3n) is 5.70. The van der Waals surface area contributed by atoms with Gasteiger partial charge in [-0.2, -0.15) is 0 Å². The molecule has 8 heteroatoms. The molecule has 0 saturated heterocycles. The van der Waals surface area contributed by atoms with Crippen LogP contribution in [0.25, 0.3) is 11.2 Å². The van der Waals surface area contributed by atoms with Crippen LogP contribution in [0.3, 0.4) is 0 Å². The van der Waals surface area contributed by atoms with Gasteiger partial charge in [0.05, 0.1) is 0 Å². The van der Waals surface area contributed by atoms with Gasteiger partial charge in [0.15, 0.2) is 11.2 Å². The number of hydrogen-bond donors (Lipinski definition) is 2. The van der Waals surface area contributed by atoms with Gasteiger partial charge in [-0.3, -0.25) is 19.1 Å². The van der Waals surface area contributed by atoms with Gasteiger partial charge in [0.25, 0.3) is 5.56 Å². The molecule has 0 saturated carbocycles. The summed E-state index contributed by atoms with van der Waals surface area (Å²) in [6.07, 6.45) is 2.34. The number of carbonyl (C=O) groups is 1. The summed E-state index contributed by atoms with van der Waals surface area (Å²) in [6, 6.07) is 5.82. The molecular formula is C24H33N5O3. The highest BCUT2D eigenvalue weighted by molar-refractivity contribution is 5.91. The van der Waals surface area contributed by atoms with Crippen molar-refractivity contribution >= 4 is 22.8 Å². The number of nitrogens with zero attached hydrogens (tertiary/aromatic N) is 3. The fourth-order valence-electron chi connectivity index (χ4n) is 3.82. The van der Waals surface area contributed by atoms with E-state index in [2.05, 4.69) is 29.1 Å². The Morgan fingerprint density at radius 3 is 2.62 bits per heavy atom. The van der Waals surface area contributed by atoms with Crippen molar-refractivity contribution in [3.63, 3.8) is 0 Å². The lowest BCUT2D eigenvalue weighted by Crippen LogP contribution is -2.31. The molecule has 32 heavy (non-hydrogen) atoms. The van der Waals surface area contributed by atoms with E-state index in [0.29, 0.717) is 36.5 Å². The first-order valence-electron chi connectivity index (χ1n) is 11.3. The number of aromatic amines is 1. The number of H-pyrrole nitrogens is 1. The Labute approximate surface area is 187 Å². The smallest absolute Gasteiger partial charge is 0.326 e. The molecule has 2 aromatic heterocycles. The number of carbonyl (C=O) groups excluding carboxylic acids is 1. The molecule has 0 radical (unpaired) electrons. The molecule has 2 heterocycles. The average molecular weight is 440 g/mol. The van der Waals surface area contributed by atoms with Crippen LogP contribution in [0, 0.1) is 19.8 Å². The number of benzene rings is 1. The number of rotatable bonds is 9. The predicted octanol–water partition coefficient (Wildman–Crippen LogP) is 3.53. The Kier molecular flexibility index (Phi) is 7.33. The summed E-state index contributed by atoms with van der Waals surface area (Å²) in [5, 5.41) is 2.98. The number of aromatic nitrogens is 4. The van der Waals surface area contributed by atoms with Crippen LogP contribution >= 0.6 is 0 Å². The van der Waals surface area contributed by atoms with Crippen LogP contribution in [-0.2, 0) is 24.3 Å². The van der Waals surface area contributed by atoms with Crippen molar-refractivity contribution in [2.75, 3.05) is 5.32 Å². The van der Waals surface area contributed by atoms with Crippen LogP contribution in [0.1, 0.15) is 57.0 Å². The number of hydrogen-bond acceptors (Lipinski definition) is 4. The minimum absolute atomic E-state index is 0.112. The van der Waals surface area contributed by atoms with Crippen molar-refractivity contribution in [3.05, 3.63) is 56.0 Å². The predicted molar refractivity (Wildman–Crippen MR) is 127 cm³/mol. The van der Waals surface area contributed by atoms with Crippen LogP contribution < -0.4 is 16.6 Å². The Morgan fingerprint density at radius 2 is 1.94 bits per heavy atom. The van der Waals surface area contributed by atoms with Gasteiger partial charge in [-0.25, -0.2) is 9.78 Å². The van der Waals surface area contributed by atoms with E-state index < -0.39 is 11.2 Å². The number of fused-ring (bicyclic) bond motifs is 1. The highest BCUT2D eigenvalue weighted by Crippen LogP contribution is 2.19. The summed E-state index contributed by atoms with van der Waals surface area (Å²) in [5.41, 5.74) is 2.89. The molecule has 1 amide bonds. The molecule has 172 valence electrons. The van der Waals surface area contributed by atoms with E-state index in [1.54, 1.807) is 0 Å². The normalized spacial score (nSPS) is 11.4. The van der Waals surface area contributed by atoms with Gasteiger partial charge in [0, 0.05) is 31.6 Å². The second kappa shape index (κ2) is 9.97. The maximum atomic E-state index is 12.7. The maximum absolute atomic E-state index is 12.7. The van der Waals surface area contributed by atoms with Gasteiger partial charge < -0.3 is 9.88 Å². The van der Waals surface area contributed by atoms with Crippen molar-refractivity contribution in [1.29, 1.82) is 0 Å². The monoisotopic (exact) mass is 439 g/mol. The fourth-order valence-corrected chi connectivity index (χ4v) is 3.82. The van der Waals surface area contributed by atoms with E-state index in [1.165, 1.54) is 4.57 Å². The van der Waals surface area contributed by atoms with Gasteiger partial charge in [0.1, 0.15) is 5.82 Å². The molecule has 0 fully saturated rings. The second-order valence-corrected chi connectivity index (χ2v) is 8.76. The number of amides is 1. The zero-order chi connectivity index (χ0) is 23.4. The van der Waals surface area contributed by atoms with E-state index in [4.69, 9.17) is 0 Å². The molecule has 0 spiro atoms. The highest BCUT2D eigenvalue weighted by Gasteiger charge is 2.20. The average Bonchev–Trinajstić information content (AvgIpc) is 3.07. The molecule has 0 atom stereocenters. The molecule has 0 aliphatic rings. The summed E-state index contributed by atoms with van der Waals surface area (Å²) < 4.78 is 3.41.